The molecule has 0 amide bonds. The second kappa shape index (κ2) is 6.85. The number of aryl methyl sites for hydroxylation is 2. The van der Waals surface area contributed by atoms with Crippen molar-refractivity contribution >= 4 is 26.6 Å². The van der Waals surface area contributed by atoms with E-state index < -0.39 is 16.0 Å². The van der Waals surface area contributed by atoms with Crippen LogP contribution in [0.15, 0.2) is 47.8 Å². The van der Waals surface area contributed by atoms with Crippen molar-refractivity contribution in [3.63, 3.8) is 0 Å². The number of aromatic nitrogens is 5. The minimum atomic E-state index is -4.02. The number of hydrogen-bond donors (Lipinski definition) is 1. The number of sulfonamides is 1. The van der Waals surface area contributed by atoms with Crippen molar-refractivity contribution in [1.29, 1.82) is 0 Å². The molecule has 0 fully saturated rings. The smallest absolute Gasteiger partial charge is 0.263 e. The van der Waals surface area contributed by atoms with E-state index in [1.165, 1.54) is 43.2 Å². The van der Waals surface area contributed by atoms with Crippen molar-refractivity contribution in [3.05, 3.63) is 54.4 Å². The van der Waals surface area contributed by atoms with E-state index in [4.69, 9.17) is 4.74 Å². The summed E-state index contributed by atoms with van der Waals surface area (Å²) in [6, 6.07) is 5.92. The summed E-state index contributed by atoms with van der Waals surface area (Å²) < 4.78 is 50.4. The van der Waals surface area contributed by atoms with Crippen LogP contribution in [0.2, 0.25) is 0 Å². The number of nitrogens with one attached hydrogen (secondary N) is 1. The van der Waals surface area contributed by atoms with Gasteiger partial charge in [0.15, 0.2) is 5.82 Å². The van der Waals surface area contributed by atoms with Crippen molar-refractivity contribution < 1.29 is 17.5 Å². The maximum Gasteiger partial charge on any atom is 0.263 e. The summed E-state index contributed by atoms with van der Waals surface area (Å²) in [4.78, 5) is 4.11. The highest BCUT2D eigenvalue weighted by molar-refractivity contribution is 7.92. The van der Waals surface area contributed by atoms with Gasteiger partial charge in [-0.15, -0.1) is 5.10 Å². The Morgan fingerprint density at radius 1 is 1.17 bits per heavy atom. The molecule has 0 aliphatic heterocycles. The van der Waals surface area contributed by atoms with Crippen LogP contribution >= 0.6 is 0 Å². The van der Waals surface area contributed by atoms with Gasteiger partial charge >= 0.3 is 0 Å². The maximum absolute atomic E-state index is 14.0. The predicted molar refractivity (Wildman–Crippen MR) is 104 cm³/mol. The lowest BCUT2D eigenvalue weighted by molar-refractivity contribution is 0.417. The predicted octanol–water partition coefficient (Wildman–Crippen LogP) is 2.41. The molecule has 3 heterocycles. The van der Waals surface area contributed by atoms with Gasteiger partial charge in [0.25, 0.3) is 10.0 Å². The monoisotopic (exact) mass is 416 g/mol. The van der Waals surface area contributed by atoms with Crippen LogP contribution in [0.3, 0.4) is 0 Å². The summed E-state index contributed by atoms with van der Waals surface area (Å²) >= 11 is 0. The third kappa shape index (κ3) is 3.29. The highest BCUT2D eigenvalue weighted by Gasteiger charge is 2.22. The van der Waals surface area contributed by atoms with E-state index in [0.717, 1.165) is 5.56 Å². The van der Waals surface area contributed by atoms with E-state index in [9.17, 15) is 12.8 Å². The Morgan fingerprint density at radius 2 is 1.97 bits per heavy atom. The Kier molecular flexibility index (Phi) is 4.46. The Labute approximate surface area is 165 Å². The van der Waals surface area contributed by atoms with Gasteiger partial charge in [-0.2, -0.15) is 9.49 Å². The van der Waals surface area contributed by atoms with E-state index in [2.05, 4.69) is 19.9 Å². The quantitative estimate of drug-likeness (QED) is 0.536. The summed E-state index contributed by atoms with van der Waals surface area (Å²) in [5.41, 5.74) is 1.31. The molecule has 0 saturated carbocycles. The van der Waals surface area contributed by atoms with Crippen molar-refractivity contribution in [2.75, 3.05) is 11.8 Å². The lowest BCUT2D eigenvalue weighted by Crippen LogP contribution is -2.15. The minimum Gasteiger partial charge on any atom is -0.494 e. The van der Waals surface area contributed by atoms with Gasteiger partial charge in [-0.25, -0.2) is 18.1 Å². The normalized spacial score (nSPS) is 11.7. The standard InChI is InChI=1S/C18H17FN6O3S/c1-11-8-21-25(10-11)15-7-4-12(9-20-15)29(26,27)23-16-14(28-3)6-5-13-17(16)24(2)22-18(13)19/h4-10,23H,1-3H3. The van der Waals surface area contributed by atoms with Crippen LogP contribution in [0.25, 0.3) is 16.7 Å². The first-order chi connectivity index (χ1) is 13.8. The highest BCUT2D eigenvalue weighted by Crippen LogP contribution is 2.35. The maximum atomic E-state index is 14.0. The largest absolute Gasteiger partial charge is 0.494 e. The van der Waals surface area contributed by atoms with Gasteiger partial charge in [0.1, 0.15) is 16.3 Å². The summed E-state index contributed by atoms with van der Waals surface area (Å²) in [6.45, 7) is 1.89. The number of fused-ring (bicyclic) bond motifs is 1. The number of hydrogen-bond acceptors (Lipinski definition) is 6. The molecule has 150 valence electrons. The topological polar surface area (TPSA) is 104 Å². The molecule has 4 aromatic rings. The summed E-state index contributed by atoms with van der Waals surface area (Å²) in [5.74, 6) is 0.0113. The first-order valence-corrected chi connectivity index (χ1v) is 9.98. The van der Waals surface area contributed by atoms with Crippen molar-refractivity contribution in [3.8, 4) is 11.6 Å². The number of anilines is 1. The zero-order valence-electron chi connectivity index (χ0n) is 15.8. The zero-order chi connectivity index (χ0) is 20.8. The third-order valence-corrected chi connectivity index (χ3v) is 5.69. The number of nitrogens with zero attached hydrogens (tertiary/aromatic N) is 5. The molecular weight excluding hydrogens is 399 g/mol. The van der Waals surface area contributed by atoms with Crippen molar-refractivity contribution in [2.24, 2.45) is 7.05 Å². The third-order valence-electron chi connectivity index (χ3n) is 4.36. The van der Waals surface area contributed by atoms with E-state index in [1.54, 1.807) is 23.1 Å². The van der Waals surface area contributed by atoms with E-state index in [1.807, 2.05) is 6.92 Å². The van der Waals surface area contributed by atoms with Gasteiger partial charge in [-0.1, -0.05) is 0 Å². The molecule has 0 spiro atoms. The van der Waals surface area contributed by atoms with Crippen LogP contribution in [0.4, 0.5) is 10.1 Å². The highest BCUT2D eigenvalue weighted by atomic mass is 32.2. The van der Waals surface area contributed by atoms with E-state index in [0.29, 0.717) is 5.82 Å². The Balaban J connectivity index is 1.74. The number of ether oxygens (including phenoxy) is 1. The molecule has 0 unspecified atom stereocenters. The second-order valence-corrected chi connectivity index (χ2v) is 8.06. The zero-order valence-corrected chi connectivity index (χ0v) is 16.6. The summed E-state index contributed by atoms with van der Waals surface area (Å²) in [6.07, 6.45) is 4.68. The molecule has 1 N–H and O–H groups in total. The van der Waals surface area contributed by atoms with Crippen LogP contribution in [-0.2, 0) is 17.1 Å². The van der Waals surface area contributed by atoms with Crippen LogP contribution in [-0.4, -0.2) is 40.1 Å². The van der Waals surface area contributed by atoms with Gasteiger partial charge in [-0.05, 0) is 36.8 Å². The van der Waals surface area contributed by atoms with Crippen LogP contribution in [0.1, 0.15) is 5.56 Å². The average Bonchev–Trinajstić information content (AvgIpc) is 3.25. The molecule has 3 aromatic heterocycles. The number of rotatable bonds is 5. The van der Waals surface area contributed by atoms with Gasteiger partial charge in [0.2, 0.25) is 5.95 Å². The van der Waals surface area contributed by atoms with Crippen LogP contribution < -0.4 is 9.46 Å². The molecule has 0 aliphatic rings. The van der Waals surface area contributed by atoms with Gasteiger partial charge in [0.05, 0.1) is 24.2 Å². The SMILES string of the molecule is COc1ccc2c(F)nn(C)c2c1NS(=O)(=O)c1ccc(-n2cc(C)cn2)nc1. The van der Waals surface area contributed by atoms with Crippen molar-refractivity contribution in [2.45, 2.75) is 11.8 Å². The van der Waals surface area contributed by atoms with Gasteiger partial charge in [-0.3, -0.25) is 9.40 Å². The fourth-order valence-electron chi connectivity index (χ4n) is 2.98. The average molecular weight is 416 g/mol. The molecule has 0 bridgehead atoms. The number of benzene rings is 1. The lowest BCUT2D eigenvalue weighted by atomic mass is 10.2. The molecule has 29 heavy (non-hydrogen) atoms. The molecule has 1 aromatic carbocycles. The molecule has 4 rings (SSSR count). The Morgan fingerprint density at radius 3 is 2.59 bits per heavy atom. The lowest BCUT2D eigenvalue weighted by Gasteiger charge is -2.13. The number of methoxy groups -OCH3 is 1. The van der Waals surface area contributed by atoms with Gasteiger partial charge < -0.3 is 4.74 Å². The summed E-state index contributed by atoms with van der Waals surface area (Å²) in [7, 11) is -1.11. The first-order valence-electron chi connectivity index (χ1n) is 8.50. The molecule has 0 radical (unpaired) electrons. The molecule has 9 nitrogen and oxygen atoms in total. The minimum absolute atomic E-state index is 0.0631. The fourth-order valence-corrected chi connectivity index (χ4v) is 4.00. The van der Waals surface area contributed by atoms with Crippen LogP contribution in [0.5, 0.6) is 5.75 Å². The Bertz CT molecular complexity index is 1310. The molecule has 0 saturated heterocycles. The fraction of sp³-hybridized carbons (Fsp3) is 0.167. The van der Waals surface area contributed by atoms with Gasteiger partial charge in [0, 0.05) is 19.4 Å². The molecule has 11 heteroatoms. The first kappa shape index (κ1) is 18.9. The second-order valence-electron chi connectivity index (χ2n) is 6.37. The van der Waals surface area contributed by atoms with Crippen LogP contribution in [0, 0.1) is 12.9 Å². The number of halogens is 1. The molecule has 0 atom stereocenters. The molecular formula is C18H17FN6O3S. The Hall–Kier alpha value is -3.47. The van der Waals surface area contributed by atoms with Crippen molar-refractivity contribution in [1.82, 2.24) is 24.5 Å². The summed E-state index contributed by atoms with van der Waals surface area (Å²) in [5, 5.41) is 8.03. The van der Waals surface area contributed by atoms with E-state index >= 15 is 0 Å². The molecule has 0 aliphatic carbocycles. The van der Waals surface area contributed by atoms with E-state index in [-0.39, 0.29) is 27.2 Å². The number of pyridine rings is 1.